The minimum absolute atomic E-state index is 0.126. The molecule has 0 bridgehead atoms. The molecule has 1 atom stereocenters. The molecule has 1 unspecified atom stereocenters. The molecule has 2 saturated heterocycles. The van der Waals surface area contributed by atoms with Crippen LogP contribution in [0.4, 0.5) is 10.1 Å². The van der Waals surface area contributed by atoms with Gasteiger partial charge in [-0.3, -0.25) is 14.4 Å². The first-order valence-corrected chi connectivity index (χ1v) is 12.7. The fraction of sp³-hybridized carbons (Fsp3) is 0.444. The van der Waals surface area contributed by atoms with Gasteiger partial charge in [0.05, 0.1) is 23.1 Å². The third-order valence-electron chi connectivity index (χ3n) is 7.50. The van der Waals surface area contributed by atoms with E-state index in [2.05, 4.69) is 0 Å². The number of piperidine rings is 1. The monoisotopic (exact) mass is 513 g/mol. The number of anilines is 1. The standard InChI is InChI=1S/C27H29ClFN3O4/c1-30-15-22(25(33)27(35)32-10-11-36-16-32)20-13-21(23(28)14-24(20)30)26(34)31-8-6-18(7-9-31)12-17-2-4-19(29)5-3-17/h2-5,13-14,18,22H,6-12,15-16H2,1H3. The Morgan fingerprint density at radius 2 is 1.78 bits per heavy atom. The highest BCUT2D eigenvalue weighted by atomic mass is 35.5. The lowest BCUT2D eigenvalue weighted by Gasteiger charge is -2.32. The van der Waals surface area contributed by atoms with E-state index in [4.69, 9.17) is 16.3 Å². The van der Waals surface area contributed by atoms with Crippen molar-refractivity contribution in [3.05, 3.63) is 63.9 Å². The van der Waals surface area contributed by atoms with Crippen LogP contribution in [0.5, 0.6) is 0 Å². The van der Waals surface area contributed by atoms with E-state index >= 15 is 0 Å². The largest absolute Gasteiger partial charge is 0.373 e. The number of hydrogen-bond donors (Lipinski definition) is 0. The van der Waals surface area contributed by atoms with Crippen LogP contribution in [0, 0.1) is 11.7 Å². The van der Waals surface area contributed by atoms with Gasteiger partial charge in [-0.15, -0.1) is 0 Å². The molecule has 3 aliphatic heterocycles. The number of carbonyl (C=O) groups excluding carboxylic acids is 3. The maximum absolute atomic E-state index is 13.4. The van der Waals surface area contributed by atoms with E-state index in [1.807, 2.05) is 24.1 Å². The highest BCUT2D eigenvalue weighted by molar-refractivity contribution is 6.39. The molecule has 2 aromatic rings. The number of rotatable bonds is 5. The summed E-state index contributed by atoms with van der Waals surface area (Å²) in [6, 6.07) is 10.0. The van der Waals surface area contributed by atoms with Crippen LogP contribution in [0.25, 0.3) is 0 Å². The number of benzene rings is 2. The predicted octanol–water partition coefficient (Wildman–Crippen LogP) is 3.49. The molecule has 5 rings (SSSR count). The van der Waals surface area contributed by atoms with Gasteiger partial charge in [-0.25, -0.2) is 4.39 Å². The number of hydrogen-bond acceptors (Lipinski definition) is 5. The van der Waals surface area contributed by atoms with Gasteiger partial charge in [-0.05, 0) is 60.6 Å². The molecule has 2 amide bonds. The molecular weight excluding hydrogens is 485 g/mol. The van der Waals surface area contributed by atoms with Crippen molar-refractivity contribution < 1.29 is 23.5 Å². The summed E-state index contributed by atoms with van der Waals surface area (Å²) >= 11 is 6.55. The quantitative estimate of drug-likeness (QED) is 0.572. The highest BCUT2D eigenvalue weighted by Gasteiger charge is 2.39. The molecule has 3 aliphatic rings. The van der Waals surface area contributed by atoms with Gasteiger partial charge in [-0.2, -0.15) is 0 Å². The number of likely N-dealkylation sites (tertiary alicyclic amines) is 1. The van der Waals surface area contributed by atoms with Gasteiger partial charge < -0.3 is 19.4 Å². The Morgan fingerprint density at radius 1 is 1.06 bits per heavy atom. The SMILES string of the molecule is CN1CC(C(=O)C(=O)N2CCOC2)c2cc(C(=O)N3CCC(Cc4ccc(F)cc4)CC3)c(Cl)cc21. The second-order valence-corrected chi connectivity index (χ2v) is 10.3. The van der Waals surface area contributed by atoms with Crippen LogP contribution in [-0.4, -0.2) is 74.0 Å². The number of ether oxygens (including phenoxy) is 1. The Morgan fingerprint density at radius 3 is 2.44 bits per heavy atom. The van der Waals surface area contributed by atoms with Crippen molar-refractivity contribution >= 4 is 34.9 Å². The summed E-state index contributed by atoms with van der Waals surface area (Å²) in [5.41, 5.74) is 2.88. The van der Waals surface area contributed by atoms with Gasteiger partial charge >= 0.3 is 0 Å². The molecule has 36 heavy (non-hydrogen) atoms. The number of ketones is 1. The van der Waals surface area contributed by atoms with Crippen molar-refractivity contribution in [3.8, 4) is 0 Å². The molecule has 0 spiro atoms. The van der Waals surface area contributed by atoms with Crippen molar-refractivity contribution in [2.45, 2.75) is 25.2 Å². The lowest BCUT2D eigenvalue weighted by molar-refractivity contribution is -0.145. The molecule has 2 fully saturated rings. The average Bonchev–Trinajstić information content (AvgIpc) is 3.53. The summed E-state index contributed by atoms with van der Waals surface area (Å²) < 4.78 is 18.4. The zero-order chi connectivity index (χ0) is 25.4. The normalized spacial score (nSPS) is 20.1. The molecule has 190 valence electrons. The molecular formula is C27H29ClFN3O4. The van der Waals surface area contributed by atoms with Crippen LogP contribution >= 0.6 is 11.6 Å². The second kappa shape index (κ2) is 10.2. The molecule has 7 nitrogen and oxygen atoms in total. The van der Waals surface area contributed by atoms with Gasteiger partial charge in [0.1, 0.15) is 12.5 Å². The van der Waals surface area contributed by atoms with E-state index in [-0.39, 0.29) is 18.5 Å². The summed E-state index contributed by atoms with van der Waals surface area (Å²) in [4.78, 5) is 44.4. The Labute approximate surface area is 214 Å². The maximum Gasteiger partial charge on any atom is 0.292 e. The average molecular weight is 514 g/mol. The van der Waals surface area contributed by atoms with E-state index in [0.29, 0.717) is 54.9 Å². The number of fused-ring (bicyclic) bond motifs is 1. The number of halogens is 2. The van der Waals surface area contributed by atoms with E-state index in [0.717, 1.165) is 30.5 Å². The van der Waals surface area contributed by atoms with Gasteiger partial charge in [0.25, 0.3) is 11.8 Å². The minimum Gasteiger partial charge on any atom is -0.373 e. The van der Waals surface area contributed by atoms with Crippen LogP contribution < -0.4 is 4.90 Å². The second-order valence-electron chi connectivity index (χ2n) is 9.86. The van der Waals surface area contributed by atoms with Crippen LogP contribution in [0.2, 0.25) is 5.02 Å². The third kappa shape index (κ3) is 4.84. The first-order valence-electron chi connectivity index (χ1n) is 12.3. The van der Waals surface area contributed by atoms with Gasteiger partial charge in [0, 0.05) is 38.9 Å². The molecule has 0 radical (unpaired) electrons. The molecule has 9 heteroatoms. The van der Waals surface area contributed by atoms with Crippen molar-refractivity contribution in [1.82, 2.24) is 9.80 Å². The van der Waals surface area contributed by atoms with Crippen LogP contribution in [0.3, 0.4) is 0 Å². The lowest BCUT2D eigenvalue weighted by Crippen LogP contribution is -2.39. The highest BCUT2D eigenvalue weighted by Crippen LogP contribution is 2.40. The van der Waals surface area contributed by atoms with Gasteiger partial charge in [-0.1, -0.05) is 23.7 Å². The summed E-state index contributed by atoms with van der Waals surface area (Å²) in [7, 11) is 1.85. The molecule has 2 aromatic carbocycles. The van der Waals surface area contributed by atoms with Crippen molar-refractivity contribution in [2.75, 3.05) is 51.5 Å². The predicted molar refractivity (Wildman–Crippen MR) is 134 cm³/mol. The Bertz CT molecular complexity index is 1170. The number of amides is 2. The fourth-order valence-electron chi connectivity index (χ4n) is 5.39. The zero-order valence-corrected chi connectivity index (χ0v) is 21.0. The number of carbonyl (C=O) groups is 3. The van der Waals surface area contributed by atoms with Gasteiger partial charge in [0.2, 0.25) is 5.78 Å². The number of Topliss-reactive ketones (excluding diaryl/α,β-unsaturated/α-hetero) is 1. The fourth-order valence-corrected chi connectivity index (χ4v) is 5.63. The molecule has 0 saturated carbocycles. The molecule has 0 aliphatic carbocycles. The van der Waals surface area contributed by atoms with Crippen LogP contribution in [0.15, 0.2) is 36.4 Å². The third-order valence-corrected chi connectivity index (χ3v) is 7.81. The molecule has 3 heterocycles. The topological polar surface area (TPSA) is 70.2 Å². The van der Waals surface area contributed by atoms with Crippen LogP contribution in [-0.2, 0) is 20.7 Å². The maximum atomic E-state index is 13.4. The first-order chi connectivity index (χ1) is 17.3. The van der Waals surface area contributed by atoms with E-state index in [1.165, 1.54) is 17.0 Å². The van der Waals surface area contributed by atoms with Crippen molar-refractivity contribution in [2.24, 2.45) is 5.92 Å². The summed E-state index contributed by atoms with van der Waals surface area (Å²) in [5, 5.41) is 0.339. The minimum atomic E-state index is -0.650. The summed E-state index contributed by atoms with van der Waals surface area (Å²) in [6.45, 7) is 2.52. The van der Waals surface area contributed by atoms with E-state index in [9.17, 15) is 18.8 Å². The van der Waals surface area contributed by atoms with E-state index < -0.39 is 17.6 Å². The zero-order valence-electron chi connectivity index (χ0n) is 20.2. The molecule has 0 N–H and O–H groups in total. The Balaban J connectivity index is 1.29. The van der Waals surface area contributed by atoms with Crippen molar-refractivity contribution in [1.29, 1.82) is 0 Å². The Kier molecular flexibility index (Phi) is 6.99. The molecule has 0 aromatic heterocycles. The lowest BCUT2D eigenvalue weighted by atomic mass is 9.89. The van der Waals surface area contributed by atoms with Gasteiger partial charge in [0.15, 0.2) is 0 Å². The van der Waals surface area contributed by atoms with E-state index in [1.54, 1.807) is 17.0 Å². The first kappa shape index (κ1) is 24.7. The summed E-state index contributed by atoms with van der Waals surface area (Å²) in [5.74, 6) is -1.68. The van der Waals surface area contributed by atoms with Crippen molar-refractivity contribution in [3.63, 3.8) is 0 Å². The number of likely N-dealkylation sites (N-methyl/N-ethyl adjacent to an activating group) is 1. The summed E-state index contributed by atoms with van der Waals surface area (Å²) in [6.07, 6.45) is 2.55. The number of nitrogens with zero attached hydrogens (tertiary/aromatic N) is 3. The Hall–Kier alpha value is -2.97. The smallest absolute Gasteiger partial charge is 0.292 e. The van der Waals surface area contributed by atoms with Crippen LogP contribution in [0.1, 0.15) is 40.2 Å².